The lowest BCUT2D eigenvalue weighted by Gasteiger charge is -2.15. The minimum absolute atomic E-state index is 0.00148. The molecular formula is C16H11N3O5S3. The fraction of sp³-hybridized carbons (Fsp3) is 0. The van der Waals surface area contributed by atoms with Gasteiger partial charge < -0.3 is 0 Å². The number of nitrogens with one attached hydrogen (secondary N) is 1. The van der Waals surface area contributed by atoms with E-state index in [1.165, 1.54) is 42.5 Å². The summed E-state index contributed by atoms with van der Waals surface area (Å²) in [4.78, 5) is 25.1. The van der Waals surface area contributed by atoms with Crippen LogP contribution in [0.5, 0.6) is 0 Å². The zero-order chi connectivity index (χ0) is 19.6. The molecule has 1 N–H and O–H groups in total. The van der Waals surface area contributed by atoms with Gasteiger partial charge in [-0.25, -0.2) is 13.4 Å². The van der Waals surface area contributed by atoms with Crippen LogP contribution < -0.4 is 4.83 Å². The monoisotopic (exact) mass is 421 g/mol. The van der Waals surface area contributed by atoms with Crippen molar-refractivity contribution in [2.45, 2.75) is 4.90 Å². The van der Waals surface area contributed by atoms with Crippen molar-refractivity contribution in [3.63, 3.8) is 0 Å². The lowest BCUT2D eigenvalue weighted by molar-refractivity contribution is -0.384. The van der Waals surface area contributed by atoms with E-state index >= 15 is 0 Å². The van der Waals surface area contributed by atoms with Crippen LogP contribution in [0, 0.1) is 10.1 Å². The summed E-state index contributed by atoms with van der Waals surface area (Å²) < 4.78 is 24.8. The standard InChI is InChI=1S/C16H11N3O5S3/c20-15-14(10-11-6-8-12(9-7-11)19(21)22)26-16(25)18(15)17-27(23,24)13-4-2-1-3-5-13/h1-10,17H. The molecule has 1 aliphatic rings. The van der Waals surface area contributed by atoms with Gasteiger partial charge in [-0.1, -0.05) is 42.2 Å². The molecule has 11 heteroatoms. The van der Waals surface area contributed by atoms with Gasteiger partial charge in [-0.2, -0.15) is 0 Å². The van der Waals surface area contributed by atoms with Crippen LogP contribution in [0.2, 0.25) is 0 Å². The van der Waals surface area contributed by atoms with Crippen molar-refractivity contribution in [3.8, 4) is 0 Å². The van der Waals surface area contributed by atoms with Crippen molar-refractivity contribution >= 4 is 56.0 Å². The highest BCUT2D eigenvalue weighted by Crippen LogP contribution is 2.32. The number of non-ortho nitro benzene ring substituents is 1. The van der Waals surface area contributed by atoms with Crippen molar-refractivity contribution in [1.82, 2.24) is 9.84 Å². The first-order valence-corrected chi connectivity index (χ1v) is 10.1. The fourth-order valence-corrected chi connectivity index (χ4v) is 4.49. The molecule has 0 bridgehead atoms. The third-order valence-corrected chi connectivity index (χ3v) is 6.08. The summed E-state index contributed by atoms with van der Waals surface area (Å²) in [6, 6.07) is 13.2. The summed E-state index contributed by atoms with van der Waals surface area (Å²) in [5, 5.41) is 11.5. The molecule has 1 heterocycles. The molecule has 138 valence electrons. The second kappa shape index (κ2) is 7.56. The van der Waals surface area contributed by atoms with Gasteiger partial charge in [0.1, 0.15) is 0 Å². The number of nitro benzene ring substituents is 1. The lowest BCUT2D eigenvalue weighted by atomic mass is 10.2. The van der Waals surface area contributed by atoms with Gasteiger partial charge in [0.15, 0.2) is 4.32 Å². The first kappa shape index (κ1) is 19.2. The lowest BCUT2D eigenvalue weighted by Crippen LogP contribution is -2.44. The van der Waals surface area contributed by atoms with E-state index in [1.807, 2.05) is 0 Å². The number of thioether (sulfide) groups is 1. The number of carbonyl (C=O) groups excluding carboxylic acids is 1. The predicted molar refractivity (Wildman–Crippen MR) is 105 cm³/mol. The summed E-state index contributed by atoms with van der Waals surface area (Å²) in [6.07, 6.45) is 1.49. The summed E-state index contributed by atoms with van der Waals surface area (Å²) in [5.74, 6) is -0.622. The van der Waals surface area contributed by atoms with Crippen molar-refractivity contribution in [2.24, 2.45) is 0 Å². The zero-order valence-electron chi connectivity index (χ0n) is 13.4. The predicted octanol–water partition coefficient (Wildman–Crippen LogP) is 2.69. The third-order valence-electron chi connectivity index (χ3n) is 3.46. The van der Waals surface area contributed by atoms with E-state index in [9.17, 15) is 23.3 Å². The van der Waals surface area contributed by atoms with E-state index < -0.39 is 20.9 Å². The second-order valence-corrected chi connectivity index (χ2v) is 8.61. The number of carbonyl (C=O) groups is 1. The third kappa shape index (κ3) is 4.22. The Bertz CT molecular complexity index is 1050. The topological polar surface area (TPSA) is 110 Å². The first-order valence-electron chi connectivity index (χ1n) is 7.38. The Labute approximate surface area is 164 Å². The molecule has 0 atom stereocenters. The fourth-order valence-electron chi connectivity index (χ4n) is 2.16. The number of nitro groups is 1. The van der Waals surface area contributed by atoms with Gasteiger partial charge in [0.2, 0.25) is 0 Å². The minimum atomic E-state index is -3.97. The van der Waals surface area contributed by atoms with Crippen LogP contribution in [0.3, 0.4) is 0 Å². The van der Waals surface area contributed by atoms with Crippen molar-refractivity contribution in [1.29, 1.82) is 0 Å². The zero-order valence-corrected chi connectivity index (χ0v) is 15.9. The smallest absolute Gasteiger partial charge is 0.267 e. The van der Waals surface area contributed by atoms with Gasteiger partial charge in [-0.15, -0.1) is 4.83 Å². The number of sulfonamides is 1. The largest absolute Gasteiger partial charge is 0.281 e. The number of rotatable bonds is 5. The van der Waals surface area contributed by atoms with Crippen molar-refractivity contribution < 1.29 is 18.1 Å². The molecule has 0 radical (unpaired) electrons. The van der Waals surface area contributed by atoms with Gasteiger partial charge in [-0.05, 0) is 35.9 Å². The Balaban J connectivity index is 1.82. The molecule has 0 spiro atoms. The van der Waals surface area contributed by atoms with E-state index in [2.05, 4.69) is 4.83 Å². The van der Waals surface area contributed by atoms with Crippen LogP contribution in [0.1, 0.15) is 5.56 Å². The highest BCUT2D eigenvalue weighted by Gasteiger charge is 2.35. The second-order valence-electron chi connectivity index (χ2n) is 5.27. The average molecular weight is 421 g/mol. The van der Waals surface area contributed by atoms with Crippen LogP contribution in [-0.2, 0) is 14.8 Å². The van der Waals surface area contributed by atoms with Crippen LogP contribution in [0.25, 0.3) is 6.08 Å². The summed E-state index contributed by atoms with van der Waals surface area (Å²) in [5.41, 5.74) is 0.474. The van der Waals surface area contributed by atoms with Gasteiger partial charge >= 0.3 is 0 Å². The number of hydrogen-bond acceptors (Lipinski definition) is 7. The number of benzene rings is 2. The summed E-state index contributed by atoms with van der Waals surface area (Å²) in [7, 11) is -3.97. The normalized spacial score (nSPS) is 16.1. The van der Waals surface area contributed by atoms with Crippen LogP contribution in [-0.4, -0.2) is 28.6 Å². The van der Waals surface area contributed by atoms with Gasteiger partial charge in [0.05, 0.1) is 14.7 Å². The molecule has 27 heavy (non-hydrogen) atoms. The molecule has 1 aliphatic heterocycles. The average Bonchev–Trinajstić information content (AvgIpc) is 2.90. The van der Waals surface area contributed by atoms with E-state index in [0.717, 1.165) is 16.8 Å². The number of hydrazine groups is 1. The number of hydrogen-bond donors (Lipinski definition) is 1. The first-order chi connectivity index (χ1) is 12.8. The number of nitrogens with zero attached hydrogens (tertiary/aromatic N) is 2. The molecule has 1 amide bonds. The molecule has 0 saturated carbocycles. The van der Waals surface area contributed by atoms with Crippen LogP contribution in [0.15, 0.2) is 64.4 Å². The maximum atomic E-state index is 12.5. The molecule has 8 nitrogen and oxygen atoms in total. The van der Waals surface area contributed by atoms with E-state index in [1.54, 1.807) is 18.2 Å². The van der Waals surface area contributed by atoms with Gasteiger partial charge in [0.25, 0.3) is 21.6 Å². The Morgan fingerprint density at radius 3 is 2.33 bits per heavy atom. The SMILES string of the molecule is O=C1C(=Cc2ccc([N+](=O)[O-])cc2)SC(=S)N1NS(=O)(=O)c1ccccc1. The summed E-state index contributed by atoms with van der Waals surface area (Å²) >= 11 is 6.03. The van der Waals surface area contributed by atoms with Crippen LogP contribution >= 0.6 is 24.0 Å². The minimum Gasteiger partial charge on any atom is -0.267 e. The Morgan fingerprint density at radius 1 is 1.11 bits per heavy atom. The molecule has 2 aromatic rings. The highest BCUT2D eigenvalue weighted by molar-refractivity contribution is 8.26. The molecular weight excluding hydrogens is 410 g/mol. The molecule has 0 aliphatic carbocycles. The Hall–Kier alpha value is -2.60. The number of amides is 1. The van der Waals surface area contributed by atoms with Crippen molar-refractivity contribution in [3.05, 3.63) is 75.2 Å². The van der Waals surface area contributed by atoms with E-state index in [-0.39, 0.29) is 19.8 Å². The highest BCUT2D eigenvalue weighted by atomic mass is 32.2. The number of thiocarbonyl (C=S) groups is 1. The van der Waals surface area contributed by atoms with Crippen molar-refractivity contribution in [2.75, 3.05) is 0 Å². The molecule has 0 aromatic heterocycles. The molecule has 0 unspecified atom stereocenters. The quantitative estimate of drug-likeness (QED) is 0.342. The van der Waals surface area contributed by atoms with E-state index in [0.29, 0.717) is 5.56 Å². The summed E-state index contributed by atoms with van der Waals surface area (Å²) in [6.45, 7) is 0. The van der Waals surface area contributed by atoms with Crippen LogP contribution in [0.4, 0.5) is 5.69 Å². The molecule has 2 aromatic carbocycles. The molecule has 1 saturated heterocycles. The maximum Gasteiger partial charge on any atom is 0.281 e. The molecule has 3 rings (SSSR count). The maximum absolute atomic E-state index is 12.5. The Kier molecular flexibility index (Phi) is 5.37. The van der Waals surface area contributed by atoms with Gasteiger partial charge in [0, 0.05) is 12.1 Å². The Morgan fingerprint density at radius 2 is 1.74 bits per heavy atom. The molecule has 1 fully saturated rings. The van der Waals surface area contributed by atoms with E-state index in [4.69, 9.17) is 12.2 Å². The van der Waals surface area contributed by atoms with Gasteiger partial charge in [-0.3, -0.25) is 14.9 Å².